The average Bonchev–Trinajstić information content (AvgIpc) is 2.62. The predicted octanol–water partition coefficient (Wildman–Crippen LogP) is 2.36. The van der Waals surface area contributed by atoms with Gasteiger partial charge in [0, 0.05) is 24.2 Å². The van der Waals surface area contributed by atoms with Crippen LogP contribution in [-0.4, -0.2) is 23.7 Å². The first-order chi connectivity index (χ1) is 11.7. The number of fused-ring (bicyclic) bond motifs is 1. The van der Waals surface area contributed by atoms with E-state index in [4.69, 9.17) is 4.74 Å². The van der Waals surface area contributed by atoms with Crippen LogP contribution in [0.2, 0.25) is 0 Å². The van der Waals surface area contributed by atoms with Crippen LogP contribution in [0.25, 0.3) is 10.9 Å². The van der Waals surface area contributed by atoms with E-state index in [1.807, 2.05) is 54.6 Å². The second-order valence-electron chi connectivity index (χ2n) is 5.63. The first-order valence-corrected chi connectivity index (χ1v) is 7.81. The summed E-state index contributed by atoms with van der Waals surface area (Å²) >= 11 is 0. The minimum Gasteiger partial charge on any atom is -0.497 e. The van der Waals surface area contributed by atoms with E-state index >= 15 is 0 Å². The Hall–Kier alpha value is -2.63. The minimum absolute atomic E-state index is 0.111. The number of pyridine rings is 1. The summed E-state index contributed by atoms with van der Waals surface area (Å²) in [5, 5.41) is 14.3. The van der Waals surface area contributed by atoms with E-state index < -0.39 is 6.10 Å². The number of hydrogen-bond donors (Lipinski definition) is 3. The van der Waals surface area contributed by atoms with Crippen LogP contribution in [0.1, 0.15) is 17.2 Å². The van der Waals surface area contributed by atoms with Gasteiger partial charge >= 0.3 is 0 Å². The topological polar surface area (TPSA) is 74.3 Å². The zero-order valence-electron chi connectivity index (χ0n) is 13.5. The lowest BCUT2D eigenvalue weighted by molar-refractivity contribution is 0.174. The van der Waals surface area contributed by atoms with Gasteiger partial charge in [0.1, 0.15) is 5.75 Å². The van der Waals surface area contributed by atoms with Crippen molar-refractivity contribution >= 4 is 10.9 Å². The third kappa shape index (κ3) is 3.64. The number of H-pyrrole nitrogens is 1. The first kappa shape index (κ1) is 16.2. The summed E-state index contributed by atoms with van der Waals surface area (Å²) in [5.41, 5.74) is 2.16. The van der Waals surface area contributed by atoms with E-state index in [-0.39, 0.29) is 5.56 Å². The Morgan fingerprint density at radius 3 is 2.67 bits per heavy atom. The molecule has 0 amide bonds. The maximum atomic E-state index is 12.1. The van der Waals surface area contributed by atoms with Crippen LogP contribution >= 0.6 is 0 Å². The molecule has 0 aliphatic heterocycles. The van der Waals surface area contributed by atoms with Gasteiger partial charge in [0.15, 0.2) is 0 Å². The van der Waals surface area contributed by atoms with E-state index in [1.54, 1.807) is 7.11 Å². The molecule has 124 valence electrons. The molecule has 5 nitrogen and oxygen atoms in total. The van der Waals surface area contributed by atoms with Gasteiger partial charge in [-0.15, -0.1) is 0 Å². The van der Waals surface area contributed by atoms with Crippen molar-refractivity contribution in [1.29, 1.82) is 0 Å². The van der Waals surface area contributed by atoms with Crippen LogP contribution in [0.4, 0.5) is 0 Å². The standard InChI is InChI=1S/C19H20N2O3/c1-24-16-8-6-13(7-9-16)18(22)12-20-11-15-10-14-4-2-3-5-17(14)21-19(15)23/h2-10,18,20,22H,11-12H2,1H3,(H,21,23). The number of aliphatic hydroxyl groups excluding tert-OH is 1. The fourth-order valence-corrected chi connectivity index (χ4v) is 2.61. The van der Waals surface area contributed by atoms with E-state index in [2.05, 4.69) is 10.3 Å². The number of ether oxygens (including phenoxy) is 1. The summed E-state index contributed by atoms with van der Waals surface area (Å²) < 4.78 is 5.10. The Bertz CT molecular complexity index is 872. The predicted molar refractivity (Wildman–Crippen MR) is 94.2 cm³/mol. The lowest BCUT2D eigenvalue weighted by Gasteiger charge is -2.13. The number of rotatable bonds is 6. The van der Waals surface area contributed by atoms with Gasteiger partial charge < -0.3 is 20.1 Å². The van der Waals surface area contributed by atoms with Crippen molar-refractivity contribution < 1.29 is 9.84 Å². The van der Waals surface area contributed by atoms with Crippen molar-refractivity contribution in [3.63, 3.8) is 0 Å². The van der Waals surface area contributed by atoms with E-state index in [9.17, 15) is 9.90 Å². The lowest BCUT2D eigenvalue weighted by atomic mass is 10.1. The highest BCUT2D eigenvalue weighted by Gasteiger charge is 2.08. The first-order valence-electron chi connectivity index (χ1n) is 7.81. The number of benzene rings is 2. The van der Waals surface area contributed by atoms with Crippen molar-refractivity contribution in [3.05, 3.63) is 76.1 Å². The molecule has 5 heteroatoms. The van der Waals surface area contributed by atoms with Gasteiger partial charge in [-0.05, 0) is 35.2 Å². The monoisotopic (exact) mass is 324 g/mol. The molecule has 0 spiro atoms. The normalized spacial score (nSPS) is 12.2. The number of para-hydroxylation sites is 1. The molecule has 1 atom stereocenters. The molecule has 0 fully saturated rings. The summed E-state index contributed by atoms with van der Waals surface area (Å²) in [6.45, 7) is 0.756. The number of aliphatic hydroxyl groups is 1. The second kappa shape index (κ2) is 7.29. The molecular weight excluding hydrogens is 304 g/mol. The van der Waals surface area contributed by atoms with E-state index in [1.165, 1.54) is 0 Å². The SMILES string of the molecule is COc1ccc(C(O)CNCc2cc3ccccc3[nH]c2=O)cc1. The molecule has 1 aromatic heterocycles. The van der Waals surface area contributed by atoms with E-state index in [0.29, 0.717) is 18.7 Å². The molecule has 24 heavy (non-hydrogen) atoms. The second-order valence-corrected chi connectivity index (χ2v) is 5.63. The van der Waals surface area contributed by atoms with Gasteiger partial charge in [0.2, 0.25) is 0 Å². The van der Waals surface area contributed by atoms with Gasteiger partial charge in [-0.2, -0.15) is 0 Å². The molecule has 3 rings (SSSR count). The Balaban J connectivity index is 1.63. The van der Waals surface area contributed by atoms with Crippen molar-refractivity contribution in [2.45, 2.75) is 12.6 Å². The minimum atomic E-state index is -0.643. The molecule has 0 bridgehead atoms. The number of hydrogen-bond acceptors (Lipinski definition) is 4. The van der Waals surface area contributed by atoms with Crippen LogP contribution in [-0.2, 0) is 6.54 Å². The largest absolute Gasteiger partial charge is 0.497 e. The van der Waals surface area contributed by atoms with Gasteiger partial charge in [-0.25, -0.2) is 0 Å². The van der Waals surface area contributed by atoms with Gasteiger partial charge in [0.25, 0.3) is 5.56 Å². The Morgan fingerprint density at radius 1 is 1.17 bits per heavy atom. The average molecular weight is 324 g/mol. The number of aromatic nitrogens is 1. The zero-order valence-corrected chi connectivity index (χ0v) is 13.5. The van der Waals surface area contributed by atoms with Gasteiger partial charge in [0.05, 0.1) is 13.2 Å². The molecule has 0 aliphatic carbocycles. The summed E-state index contributed by atoms with van der Waals surface area (Å²) in [7, 11) is 1.61. The Morgan fingerprint density at radius 2 is 1.92 bits per heavy atom. The Labute approximate surface area is 139 Å². The highest BCUT2D eigenvalue weighted by molar-refractivity contribution is 5.78. The fraction of sp³-hybridized carbons (Fsp3) is 0.211. The maximum Gasteiger partial charge on any atom is 0.252 e. The smallest absolute Gasteiger partial charge is 0.252 e. The van der Waals surface area contributed by atoms with E-state index in [0.717, 1.165) is 22.2 Å². The lowest BCUT2D eigenvalue weighted by Crippen LogP contribution is -2.25. The van der Waals surface area contributed by atoms with Gasteiger partial charge in [-0.1, -0.05) is 30.3 Å². The van der Waals surface area contributed by atoms with Crippen LogP contribution in [0.3, 0.4) is 0 Å². The van der Waals surface area contributed by atoms with Gasteiger partial charge in [-0.3, -0.25) is 4.79 Å². The van der Waals surface area contributed by atoms with Crippen molar-refractivity contribution in [2.75, 3.05) is 13.7 Å². The van der Waals surface area contributed by atoms with Crippen LogP contribution < -0.4 is 15.6 Å². The molecule has 1 unspecified atom stereocenters. The molecule has 0 saturated carbocycles. The highest BCUT2D eigenvalue weighted by atomic mass is 16.5. The molecule has 0 aliphatic rings. The number of nitrogens with one attached hydrogen (secondary N) is 2. The molecule has 0 saturated heterocycles. The van der Waals surface area contributed by atoms with Crippen molar-refractivity contribution in [1.82, 2.24) is 10.3 Å². The summed E-state index contributed by atoms with van der Waals surface area (Å²) in [4.78, 5) is 14.9. The Kier molecular flexibility index (Phi) is 4.93. The fourth-order valence-electron chi connectivity index (χ4n) is 2.61. The number of aromatic amines is 1. The van der Waals surface area contributed by atoms with Crippen molar-refractivity contribution in [3.8, 4) is 5.75 Å². The quantitative estimate of drug-likeness (QED) is 0.651. The molecular formula is C19H20N2O3. The maximum absolute atomic E-state index is 12.1. The highest BCUT2D eigenvalue weighted by Crippen LogP contribution is 2.17. The molecule has 2 aromatic carbocycles. The third-order valence-corrected chi connectivity index (χ3v) is 3.98. The summed E-state index contributed by atoms with van der Waals surface area (Å²) in [5.74, 6) is 0.751. The van der Waals surface area contributed by atoms with Crippen LogP contribution in [0.5, 0.6) is 5.75 Å². The summed E-state index contributed by atoms with van der Waals surface area (Å²) in [6, 6.07) is 16.8. The molecule has 0 radical (unpaired) electrons. The molecule has 1 heterocycles. The number of methoxy groups -OCH3 is 1. The third-order valence-electron chi connectivity index (χ3n) is 3.98. The van der Waals surface area contributed by atoms with Crippen molar-refractivity contribution in [2.24, 2.45) is 0 Å². The molecule has 3 N–H and O–H groups in total. The zero-order chi connectivity index (χ0) is 16.9. The van der Waals surface area contributed by atoms with Crippen LogP contribution in [0, 0.1) is 0 Å². The summed E-state index contributed by atoms with van der Waals surface area (Å²) in [6.07, 6.45) is -0.643. The van der Waals surface area contributed by atoms with Crippen LogP contribution in [0.15, 0.2) is 59.4 Å². The molecule has 3 aromatic rings.